The third-order valence-corrected chi connectivity index (χ3v) is 0.790. The lowest BCUT2D eigenvalue weighted by molar-refractivity contribution is -0.325. The summed E-state index contributed by atoms with van der Waals surface area (Å²) in [6, 6.07) is 0. The first-order valence-electron chi connectivity index (χ1n) is 2.99. The highest BCUT2D eigenvalue weighted by molar-refractivity contribution is 4.48. The molecule has 0 aliphatic rings. The largest absolute Gasteiger partial charge is 0.522 e. The summed E-state index contributed by atoms with van der Waals surface area (Å²) in [5, 5.41) is 0. The van der Waals surface area contributed by atoms with Gasteiger partial charge < -0.3 is 4.74 Å². The summed E-state index contributed by atoms with van der Waals surface area (Å²) in [4.78, 5) is 0. The van der Waals surface area contributed by atoms with Crippen LogP contribution < -0.4 is 0 Å². The first kappa shape index (κ1) is 10.3. The number of hydrogen-bond acceptors (Lipinski definition) is 2. The highest BCUT2D eigenvalue weighted by Gasteiger charge is 2.28. The van der Waals surface area contributed by atoms with E-state index >= 15 is 0 Å². The van der Waals surface area contributed by atoms with Crippen LogP contribution in [0.1, 0.15) is 6.42 Å². The molecule has 0 bridgehead atoms. The molecule has 5 heteroatoms. The van der Waals surface area contributed by atoms with E-state index in [1.165, 1.54) is 6.26 Å². The zero-order valence-electron chi connectivity index (χ0n) is 5.86. The van der Waals surface area contributed by atoms with Gasteiger partial charge in [0, 0.05) is 6.42 Å². The van der Waals surface area contributed by atoms with Gasteiger partial charge in [-0.1, -0.05) is 6.58 Å². The van der Waals surface area contributed by atoms with E-state index in [1.807, 2.05) is 0 Å². The minimum absolute atomic E-state index is 0.194. The zero-order valence-corrected chi connectivity index (χ0v) is 5.86. The third kappa shape index (κ3) is 9.29. The van der Waals surface area contributed by atoms with Gasteiger partial charge in [-0.3, -0.25) is 4.74 Å². The summed E-state index contributed by atoms with van der Waals surface area (Å²) in [5.74, 6) is 0. The minimum Gasteiger partial charge on any atom is -0.502 e. The number of hydrogen-bond donors (Lipinski definition) is 0. The van der Waals surface area contributed by atoms with Crippen LogP contribution in [0, 0.1) is 0 Å². The van der Waals surface area contributed by atoms with E-state index < -0.39 is 6.36 Å². The van der Waals surface area contributed by atoms with Crippen molar-refractivity contribution in [1.82, 2.24) is 0 Å². The van der Waals surface area contributed by atoms with Crippen LogP contribution in [0.5, 0.6) is 0 Å². The molecule has 0 aliphatic carbocycles. The van der Waals surface area contributed by atoms with Crippen molar-refractivity contribution in [3.05, 3.63) is 12.8 Å². The van der Waals surface area contributed by atoms with E-state index in [1.54, 1.807) is 0 Å². The van der Waals surface area contributed by atoms with Crippen molar-refractivity contribution in [3.63, 3.8) is 0 Å². The van der Waals surface area contributed by atoms with Crippen molar-refractivity contribution < 1.29 is 22.6 Å². The van der Waals surface area contributed by atoms with Gasteiger partial charge in [-0.05, 0) is 0 Å². The van der Waals surface area contributed by atoms with E-state index in [0.717, 1.165) is 0 Å². The van der Waals surface area contributed by atoms with Gasteiger partial charge in [-0.2, -0.15) is 0 Å². The lowest BCUT2D eigenvalue weighted by atomic mass is 10.5. The fraction of sp³-hybridized carbons (Fsp3) is 0.667. The van der Waals surface area contributed by atoms with Crippen LogP contribution in [0.25, 0.3) is 0 Å². The minimum atomic E-state index is -4.53. The van der Waals surface area contributed by atoms with Crippen LogP contribution in [0.3, 0.4) is 0 Å². The molecule has 0 N–H and O–H groups in total. The summed E-state index contributed by atoms with van der Waals surface area (Å²) in [6.07, 6.45) is -3.16. The van der Waals surface area contributed by atoms with Crippen LogP contribution in [0.2, 0.25) is 0 Å². The Kier molecular flexibility index (Phi) is 4.69. The molecular formula is C6H9F3O2. The second-order valence-electron chi connectivity index (χ2n) is 1.69. The van der Waals surface area contributed by atoms with Crippen molar-refractivity contribution in [2.45, 2.75) is 12.8 Å². The summed E-state index contributed by atoms with van der Waals surface area (Å²) in [6.45, 7) is 3.04. The Morgan fingerprint density at radius 1 is 1.27 bits per heavy atom. The lowest BCUT2D eigenvalue weighted by Gasteiger charge is -2.06. The molecule has 11 heavy (non-hydrogen) atoms. The van der Waals surface area contributed by atoms with Gasteiger partial charge >= 0.3 is 6.36 Å². The van der Waals surface area contributed by atoms with Gasteiger partial charge in [0.05, 0.1) is 19.5 Å². The maximum Gasteiger partial charge on any atom is 0.522 e. The normalized spacial score (nSPS) is 11.2. The summed E-state index contributed by atoms with van der Waals surface area (Å²) < 4.78 is 41.9. The Hall–Kier alpha value is -0.710. The SMILES string of the molecule is C=COCCCOC(F)(F)F. The molecule has 0 radical (unpaired) electrons. The second kappa shape index (κ2) is 5.01. The van der Waals surface area contributed by atoms with E-state index in [0.29, 0.717) is 0 Å². The number of halogens is 3. The average molecular weight is 170 g/mol. The molecule has 0 spiro atoms. The molecule has 0 aromatic rings. The van der Waals surface area contributed by atoms with Crippen LogP contribution >= 0.6 is 0 Å². The van der Waals surface area contributed by atoms with Crippen molar-refractivity contribution in [2.75, 3.05) is 13.2 Å². The monoisotopic (exact) mass is 170 g/mol. The highest BCUT2D eigenvalue weighted by Crippen LogP contribution is 2.15. The fourth-order valence-electron chi connectivity index (χ4n) is 0.413. The lowest BCUT2D eigenvalue weighted by Crippen LogP contribution is -2.14. The molecule has 2 nitrogen and oxygen atoms in total. The van der Waals surface area contributed by atoms with Crippen LogP contribution in [-0.2, 0) is 9.47 Å². The molecule has 0 amide bonds. The Bertz CT molecular complexity index is 111. The maximum absolute atomic E-state index is 11.3. The summed E-state index contributed by atoms with van der Waals surface area (Å²) >= 11 is 0. The van der Waals surface area contributed by atoms with E-state index in [9.17, 15) is 13.2 Å². The molecule has 0 rings (SSSR count). The predicted molar refractivity (Wildman–Crippen MR) is 32.8 cm³/mol. The number of ether oxygens (including phenoxy) is 2. The molecule has 0 heterocycles. The topological polar surface area (TPSA) is 18.5 Å². The Labute approximate surface area is 62.6 Å². The van der Waals surface area contributed by atoms with Gasteiger partial charge in [0.15, 0.2) is 0 Å². The Morgan fingerprint density at radius 3 is 2.36 bits per heavy atom. The van der Waals surface area contributed by atoms with Crippen molar-refractivity contribution in [2.24, 2.45) is 0 Å². The standard InChI is InChI=1S/C6H9F3O2/c1-2-10-4-3-5-11-6(7,8)9/h2H,1,3-5H2. The molecular weight excluding hydrogens is 161 g/mol. The van der Waals surface area contributed by atoms with Crippen molar-refractivity contribution in [1.29, 1.82) is 0 Å². The molecule has 66 valence electrons. The first-order chi connectivity index (χ1) is 5.06. The van der Waals surface area contributed by atoms with E-state index in [2.05, 4.69) is 16.1 Å². The van der Waals surface area contributed by atoms with E-state index in [-0.39, 0.29) is 19.6 Å². The quantitative estimate of drug-likeness (QED) is 0.464. The number of rotatable bonds is 5. The van der Waals surface area contributed by atoms with Gasteiger partial charge in [-0.25, -0.2) is 0 Å². The van der Waals surface area contributed by atoms with Gasteiger partial charge in [0.1, 0.15) is 0 Å². The molecule has 0 unspecified atom stereocenters. The highest BCUT2D eigenvalue weighted by atomic mass is 19.4. The molecule has 0 fully saturated rings. The Morgan fingerprint density at radius 2 is 1.91 bits per heavy atom. The van der Waals surface area contributed by atoms with Gasteiger partial charge in [0.2, 0.25) is 0 Å². The van der Waals surface area contributed by atoms with E-state index in [4.69, 9.17) is 0 Å². The number of alkyl halides is 3. The van der Waals surface area contributed by atoms with Crippen LogP contribution in [0.4, 0.5) is 13.2 Å². The van der Waals surface area contributed by atoms with Gasteiger partial charge in [0.25, 0.3) is 0 Å². The van der Waals surface area contributed by atoms with Crippen LogP contribution in [0.15, 0.2) is 12.8 Å². The molecule has 0 aromatic carbocycles. The van der Waals surface area contributed by atoms with Crippen LogP contribution in [-0.4, -0.2) is 19.6 Å². The smallest absolute Gasteiger partial charge is 0.502 e. The molecule has 0 atom stereocenters. The molecule has 0 saturated heterocycles. The van der Waals surface area contributed by atoms with Gasteiger partial charge in [-0.15, -0.1) is 13.2 Å². The third-order valence-electron chi connectivity index (χ3n) is 0.790. The fourth-order valence-corrected chi connectivity index (χ4v) is 0.413. The second-order valence-corrected chi connectivity index (χ2v) is 1.69. The molecule has 0 aliphatic heterocycles. The van der Waals surface area contributed by atoms with Crippen molar-refractivity contribution >= 4 is 0 Å². The maximum atomic E-state index is 11.3. The predicted octanol–water partition coefficient (Wildman–Crippen LogP) is 2.07. The Balaban J connectivity index is 3.08. The van der Waals surface area contributed by atoms with Crippen molar-refractivity contribution in [3.8, 4) is 0 Å². The average Bonchev–Trinajstić information content (AvgIpc) is 1.85. The summed E-state index contributed by atoms with van der Waals surface area (Å²) in [7, 11) is 0. The first-order valence-corrected chi connectivity index (χ1v) is 2.99. The summed E-state index contributed by atoms with van der Waals surface area (Å²) in [5.41, 5.74) is 0. The zero-order chi connectivity index (χ0) is 8.74. The molecule has 0 saturated carbocycles. The molecule has 0 aromatic heterocycles.